The minimum atomic E-state index is -4.44. The lowest BCUT2D eigenvalue weighted by atomic mass is 10.1. The number of hydrogen-bond donors (Lipinski definition) is 0. The van der Waals surface area contributed by atoms with E-state index in [-0.39, 0.29) is 5.56 Å². The summed E-state index contributed by atoms with van der Waals surface area (Å²) in [5.74, 6) is 0. The molecule has 19 heavy (non-hydrogen) atoms. The van der Waals surface area contributed by atoms with Crippen LogP contribution in [0.15, 0.2) is 52.5 Å². The highest BCUT2D eigenvalue weighted by Crippen LogP contribution is 2.34. The molecular weight excluding hydrogens is 273 g/mol. The highest BCUT2D eigenvalue weighted by Gasteiger charge is 2.31. The first-order valence-electron chi connectivity index (χ1n) is 5.21. The number of hydrogen-bond acceptors (Lipinski definition) is 3. The Morgan fingerprint density at radius 1 is 1.16 bits per heavy atom. The molecule has 0 unspecified atom stereocenters. The van der Waals surface area contributed by atoms with Crippen LogP contribution in [0.2, 0.25) is 0 Å². The van der Waals surface area contributed by atoms with Crippen LogP contribution in [0.25, 0.3) is 0 Å². The van der Waals surface area contributed by atoms with E-state index in [1.807, 2.05) is 0 Å². The predicted octanol–water partition coefficient (Wildman–Crippen LogP) is 4.12. The van der Waals surface area contributed by atoms with Gasteiger partial charge in [0.2, 0.25) is 0 Å². The van der Waals surface area contributed by atoms with Gasteiger partial charge in [0.05, 0.1) is 11.1 Å². The Hall–Kier alpha value is -2.00. The van der Waals surface area contributed by atoms with Crippen molar-refractivity contribution in [2.24, 2.45) is 0 Å². The van der Waals surface area contributed by atoms with Gasteiger partial charge in [-0.25, -0.2) is 4.98 Å². The SMILES string of the molecule is N#Cc1cc(C(F)(F)F)ccc1Sc1ccccn1. The average molecular weight is 280 g/mol. The molecule has 0 aliphatic carbocycles. The molecule has 0 amide bonds. The summed E-state index contributed by atoms with van der Waals surface area (Å²) in [6.45, 7) is 0. The normalized spacial score (nSPS) is 11.1. The lowest BCUT2D eigenvalue weighted by molar-refractivity contribution is -0.137. The molecule has 1 aromatic heterocycles. The Kier molecular flexibility index (Phi) is 3.76. The largest absolute Gasteiger partial charge is 0.416 e. The van der Waals surface area contributed by atoms with Crippen LogP contribution in [0.5, 0.6) is 0 Å². The van der Waals surface area contributed by atoms with E-state index < -0.39 is 11.7 Å². The Morgan fingerprint density at radius 2 is 1.95 bits per heavy atom. The second kappa shape index (κ2) is 5.33. The molecule has 0 N–H and O–H groups in total. The van der Waals surface area contributed by atoms with Crippen molar-refractivity contribution in [3.63, 3.8) is 0 Å². The summed E-state index contributed by atoms with van der Waals surface area (Å²) in [6.07, 6.45) is -2.86. The third-order valence-electron chi connectivity index (χ3n) is 2.28. The van der Waals surface area contributed by atoms with Crippen LogP contribution in [0.1, 0.15) is 11.1 Å². The summed E-state index contributed by atoms with van der Waals surface area (Å²) >= 11 is 1.16. The van der Waals surface area contributed by atoms with Crippen molar-refractivity contribution in [3.05, 3.63) is 53.7 Å². The van der Waals surface area contributed by atoms with Crippen LogP contribution in [-0.2, 0) is 6.18 Å². The van der Waals surface area contributed by atoms with E-state index in [1.54, 1.807) is 30.5 Å². The minimum absolute atomic E-state index is 0.00882. The first kappa shape index (κ1) is 13.4. The molecule has 0 fully saturated rings. The van der Waals surface area contributed by atoms with Gasteiger partial charge < -0.3 is 0 Å². The molecule has 6 heteroatoms. The van der Waals surface area contributed by atoms with Gasteiger partial charge in [-0.2, -0.15) is 18.4 Å². The van der Waals surface area contributed by atoms with Gasteiger partial charge in [-0.1, -0.05) is 17.8 Å². The minimum Gasteiger partial charge on any atom is -0.250 e. The molecule has 0 radical (unpaired) electrons. The van der Waals surface area contributed by atoms with E-state index in [2.05, 4.69) is 4.98 Å². The summed E-state index contributed by atoms with van der Waals surface area (Å²) in [6, 6.07) is 10.1. The molecular formula is C13H7F3N2S. The zero-order chi connectivity index (χ0) is 13.9. The quantitative estimate of drug-likeness (QED) is 0.830. The molecule has 0 aliphatic heterocycles. The summed E-state index contributed by atoms with van der Waals surface area (Å²) in [7, 11) is 0. The number of benzene rings is 1. The van der Waals surface area contributed by atoms with Gasteiger partial charge >= 0.3 is 6.18 Å². The van der Waals surface area contributed by atoms with Gasteiger partial charge in [-0.15, -0.1) is 0 Å². The lowest BCUT2D eigenvalue weighted by Crippen LogP contribution is -2.05. The molecule has 0 bridgehead atoms. The first-order valence-corrected chi connectivity index (χ1v) is 6.02. The van der Waals surface area contributed by atoms with Crippen molar-refractivity contribution in [3.8, 4) is 6.07 Å². The molecule has 96 valence electrons. The third kappa shape index (κ3) is 3.26. The Balaban J connectivity index is 2.35. The van der Waals surface area contributed by atoms with Gasteiger partial charge in [0.1, 0.15) is 11.1 Å². The maximum Gasteiger partial charge on any atom is 0.416 e. The second-order valence-electron chi connectivity index (χ2n) is 3.59. The highest BCUT2D eigenvalue weighted by atomic mass is 32.2. The average Bonchev–Trinajstić information content (AvgIpc) is 2.39. The van der Waals surface area contributed by atoms with E-state index in [9.17, 15) is 13.2 Å². The first-order chi connectivity index (χ1) is 9.00. The molecule has 2 aromatic rings. The number of halogens is 3. The summed E-state index contributed by atoms with van der Waals surface area (Å²) in [4.78, 5) is 4.50. The van der Waals surface area contributed by atoms with Crippen LogP contribution in [-0.4, -0.2) is 4.98 Å². The van der Waals surface area contributed by atoms with Crippen molar-refractivity contribution in [2.45, 2.75) is 16.1 Å². The molecule has 0 saturated carbocycles. The zero-order valence-electron chi connectivity index (χ0n) is 9.48. The van der Waals surface area contributed by atoms with Gasteiger partial charge in [0, 0.05) is 11.1 Å². The standard InChI is InChI=1S/C13H7F3N2S/c14-13(15,16)10-4-5-11(9(7-10)8-17)19-12-3-1-2-6-18-12/h1-7H. The van der Waals surface area contributed by atoms with E-state index in [1.165, 1.54) is 6.07 Å². The number of alkyl halides is 3. The molecule has 2 rings (SSSR count). The molecule has 0 saturated heterocycles. The van der Waals surface area contributed by atoms with Crippen molar-refractivity contribution < 1.29 is 13.2 Å². The lowest BCUT2D eigenvalue weighted by Gasteiger charge is -2.09. The van der Waals surface area contributed by atoms with Crippen LogP contribution >= 0.6 is 11.8 Å². The van der Waals surface area contributed by atoms with E-state index >= 15 is 0 Å². The Morgan fingerprint density at radius 3 is 2.53 bits per heavy atom. The smallest absolute Gasteiger partial charge is 0.250 e. The maximum absolute atomic E-state index is 12.5. The molecule has 0 atom stereocenters. The van der Waals surface area contributed by atoms with Crippen LogP contribution in [0.4, 0.5) is 13.2 Å². The number of pyridine rings is 1. The monoisotopic (exact) mass is 280 g/mol. The van der Waals surface area contributed by atoms with Crippen LogP contribution < -0.4 is 0 Å². The number of aromatic nitrogens is 1. The van der Waals surface area contributed by atoms with E-state index in [0.717, 1.165) is 23.9 Å². The third-order valence-corrected chi connectivity index (χ3v) is 3.31. The fourth-order valence-corrected chi connectivity index (χ4v) is 2.24. The fourth-order valence-electron chi connectivity index (χ4n) is 1.40. The number of nitriles is 1. The van der Waals surface area contributed by atoms with Crippen molar-refractivity contribution in [1.82, 2.24) is 4.98 Å². The van der Waals surface area contributed by atoms with Crippen molar-refractivity contribution >= 4 is 11.8 Å². The van der Waals surface area contributed by atoms with E-state index in [0.29, 0.717) is 9.92 Å². The summed E-state index contributed by atoms with van der Waals surface area (Å²) in [5, 5.41) is 9.56. The molecule has 1 aromatic carbocycles. The Bertz CT molecular complexity index is 618. The topological polar surface area (TPSA) is 36.7 Å². The van der Waals surface area contributed by atoms with Crippen molar-refractivity contribution in [1.29, 1.82) is 5.26 Å². The molecule has 1 heterocycles. The fraction of sp³-hybridized carbons (Fsp3) is 0.0769. The van der Waals surface area contributed by atoms with Crippen molar-refractivity contribution in [2.75, 3.05) is 0 Å². The van der Waals surface area contributed by atoms with Crippen LogP contribution in [0.3, 0.4) is 0 Å². The van der Waals surface area contributed by atoms with Crippen LogP contribution in [0, 0.1) is 11.3 Å². The van der Waals surface area contributed by atoms with Gasteiger partial charge in [0.15, 0.2) is 0 Å². The maximum atomic E-state index is 12.5. The summed E-state index contributed by atoms with van der Waals surface area (Å²) in [5.41, 5.74) is -0.833. The van der Waals surface area contributed by atoms with Gasteiger partial charge in [-0.05, 0) is 30.3 Å². The summed E-state index contributed by atoms with van der Waals surface area (Å²) < 4.78 is 37.6. The zero-order valence-corrected chi connectivity index (χ0v) is 10.3. The van der Waals surface area contributed by atoms with Gasteiger partial charge in [-0.3, -0.25) is 0 Å². The number of nitrogens with zero attached hydrogens (tertiary/aromatic N) is 2. The molecule has 2 nitrogen and oxygen atoms in total. The van der Waals surface area contributed by atoms with Gasteiger partial charge in [0.25, 0.3) is 0 Å². The van der Waals surface area contributed by atoms with E-state index in [4.69, 9.17) is 5.26 Å². The predicted molar refractivity (Wildman–Crippen MR) is 64.5 cm³/mol. The Labute approximate surface area is 111 Å². The highest BCUT2D eigenvalue weighted by molar-refractivity contribution is 7.99. The molecule has 0 spiro atoms. The molecule has 0 aliphatic rings. The number of rotatable bonds is 2. The second-order valence-corrected chi connectivity index (χ2v) is 4.65.